The first kappa shape index (κ1) is 24.8. The highest BCUT2D eigenvalue weighted by Crippen LogP contribution is 2.75. The van der Waals surface area contributed by atoms with Crippen LogP contribution in [-0.4, -0.2) is 33.5 Å². The molecule has 0 bridgehead atoms. The molecule has 5 aliphatic carbocycles. The first-order chi connectivity index (χ1) is 15.6. The number of carboxylic acid groups (broad SMARTS) is 1. The van der Waals surface area contributed by atoms with Crippen LogP contribution in [0.4, 0.5) is 0 Å². The van der Waals surface area contributed by atoms with Gasteiger partial charge in [0.2, 0.25) is 0 Å². The van der Waals surface area contributed by atoms with Crippen LogP contribution in [0.3, 0.4) is 0 Å². The molecule has 0 unspecified atom stereocenters. The average Bonchev–Trinajstić information content (AvgIpc) is 2.70. The number of hydrogen-bond donors (Lipinski definition) is 3. The van der Waals surface area contributed by atoms with Crippen LogP contribution in [0.5, 0.6) is 0 Å². The zero-order chi connectivity index (χ0) is 25.1. The first-order valence-corrected chi connectivity index (χ1v) is 13.9. The lowest BCUT2D eigenvalue weighted by Crippen LogP contribution is -2.66. The molecule has 192 valence electrons. The topological polar surface area (TPSA) is 77.8 Å². The molecule has 0 spiro atoms. The molecule has 5 aliphatic rings. The van der Waals surface area contributed by atoms with E-state index in [0.29, 0.717) is 24.7 Å². The Kier molecular flexibility index (Phi) is 5.20. The van der Waals surface area contributed by atoms with E-state index in [1.54, 1.807) is 0 Å². The second kappa shape index (κ2) is 7.12. The molecule has 0 amide bonds. The SMILES string of the molecule is CC1(C)C[C@@H](O)[C@]2(C(=O)O)CC[C@]3(C)C(=CC[C@@H]4[C@@]5(C)CC[C@H](O)C(C)(C)[C@@H]5CC[C@]43C)[C@@H]2C1. The van der Waals surface area contributed by atoms with E-state index in [1.807, 2.05) is 0 Å². The van der Waals surface area contributed by atoms with E-state index in [4.69, 9.17) is 0 Å². The molecule has 4 heteroatoms. The third-order valence-electron chi connectivity index (χ3n) is 13.0. The molecule has 34 heavy (non-hydrogen) atoms. The maximum Gasteiger partial charge on any atom is 0.312 e. The van der Waals surface area contributed by atoms with Crippen LogP contribution in [-0.2, 0) is 4.79 Å². The van der Waals surface area contributed by atoms with E-state index in [0.717, 1.165) is 44.9 Å². The molecule has 0 aliphatic heterocycles. The quantitative estimate of drug-likeness (QED) is 0.397. The molecular formula is C30H48O4. The largest absolute Gasteiger partial charge is 0.481 e. The minimum absolute atomic E-state index is 0.0408. The Bertz CT molecular complexity index is 919. The van der Waals surface area contributed by atoms with Gasteiger partial charge in [0.1, 0.15) is 5.41 Å². The molecule has 3 N–H and O–H groups in total. The number of aliphatic hydroxyl groups is 2. The summed E-state index contributed by atoms with van der Waals surface area (Å²) in [5.74, 6) is 0.167. The average molecular weight is 473 g/mol. The van der Waals surface area contributed by atoms with Gasteiger partial charge in [-0.3, -0.25) is 4.79 Å². The van der Waals surface area contributed by atoms with Crippen molar-refractivity contribution in [2.75, 3.05) is 0 Å². The number of fused-ring (bicyclic) bond motifs is 7. The lowest BCUT2D eigenvalue weighted by Gasteiger charge is -2.71. The van der Waals surface area contributed by atoms with Crippen molar-refractivity contribution in [2.45, 2.75) is 118 Å². The minimum Gasteiger partial charge on any atom is -0.481 e. The van der Waals surface area contributed by atoms with E-state index in [9.17, 15) is 20.1 Å². The van der Waals surface area contributed by atoms with Crippen LogP contribution < -0.4 is 0 Å². The Morgan fingerprint density at radius 1 is 0.853 bits per heavy atom. The van der Waals surface area contributed by atoms with Crippen LogP contribution >= 0.6 is 0 Å². The van der Waals surface area contributed by atoms with Gasteiger partial charge in [0.25, 0.3) is 0 Å². The third-order valence-corrected chi connectivity index (χ3v) is 13.0. The van der Waals surface area contributed by atoms with Crippen LogP contribution in [0.2, 0.25) is 0 Å². The maximum atomic E-state index is 12.8. The maximum absolute atomic E-state index is 12.8. The summed E-state index contributed by atoms with van der Waals surface area (Å²) in [4.78, 5) is 12.8. The van der Waals surface area contributed by atoms with Crippen LogP contribution in [0.1, 0.15) is 106 Å². The van der Waals surface area contributed by atoms with Crippen molar-refractivity contribution in [3.05, 3.63) is 11.6 Å². The van der Waals surface area contributed by atoms with Gasteiger partial charge < -0.3 is 15.3 Å². The highest BCUT2D eigenvalue weighted by atomic mass is 16.4. The molecule has 4 saturated carbocycles. The van der Waals surface area contributed by atoms with Gasteiger partial charge in [-0.25, -0.2) is 0 Å². The Morgan fingerprint density at radius 2 is 1.53 bits per heavy atom. The van der Waals surface area contributed by atoms with Gasteiger partial charge in [-0.2, -0.15) is 0 Å². The fourth-order valence-corrected chi connectivity index (χ4v) is 10.8. The van der Waals surface area contributed by atoms with E-state index >= 15 is 0 Å². The monoisotopic (exact) mass is 472 g/mol. The lowest BCUT2D eigenvalue weighted by molar-refractivity contribution is -0.212. The van der Waals surface area contributed by atoms with Crippen LogP contribution in [0.15, 0.2) is 11.6 Å². The number of rotatable bonds is 1. The van der Waals surface area contributed by atoms with Crippen molar-refractivity contribution in [3.8, 4) is 0 Å². The number of carbonyl (C=O) groups is 1. The normalized spacial score (nSPS) is 53.4. The Hall–Kier alpha value is -0.870. The molecule has 0 radical (unpaired) electrons. The smallest absolute Gasteiger partial charge is 0.312 e. The third kappa shape index (κ3) is 2.82. The Labute approximate surface area is 206 Å². The molecule has 4 fully saturated rings. The predicted molar refractivity (Wildman–Crippen MR) is 134 cm³/mol. The van der Waals surface area contributed by atoms with E-state index in [2.05, 4.69) is 54.5 Å². The molecule has 5 rings (SSSR count). The summed E-state index contributed by atoms with van der Waals surface area (Å²) >= 11 is 0. The van der Waals surface area contributed by atoms with Crippen LogP contribution in [0, 0.1) is 50.2 Å². The van der Waals surface area contributed by atoms with Crippen LogP contribution in [0.25, 0.3) is 0 Å². The van der Waals surface area contributed by atoms with Gasteiger partial charge in [0.05, 0.1) is 12.2 Å². The van der Waals surface area contributed by atoms with Crippen molar-refractivity contribution in [1.29, 1.82) is 0 Å². The zero-order valence-electron chi connectivity index (χ0n) is 22.6. The van der Waals surface area contributed by atoms with E-state index in [-0.39, 0.29) is 39.1 Å². The number of carboxylic acids is 1. The second-order valence-corrected chi connectivity index (χ2v) is 15.2. The van der Waals surface area contributed by atoms with Gasteiger partial charge in [-0.1, -0.05) is 60.1 Å². The highest BCUT2D eigenvalue weighted by Gasteiger charge is 2.70. The molecule has 0 aromatic rings. The fraction of sp³-hybridized carbons (Fsp3) is 0.900. The highest BCUT2D eigenvalue weighted by molar-refractivity contribution is 5.77. The Balaban J connectivity index is 1.61. The summed E-state index contributed by atoms with van der Waals surface area (Å²) < 4.78 is 0. The second-order valence-electron chi connectivity index (χ2n) is 15.2. The first-order valence-electron chi connectivity index (χ1n) is 13.9. The summed E-state index contributed by atoms with van der Waals surface area (Å²) in [5.41, 5.74) is 0.437. The molecule has 9 atom stereocenters. The van der Waals surface area contributed by atoms with Gasteiger partial charge in [-0.05, 0) is 103 Å². The minimum atomic E-state index is -1.04. The van der Waals surface area contributed by atoms with Crippen molar-refractivity contribution >= 4 is 5.97 Å². The summed E-state index contributed by atoms with van der Waals surface area (Å²) in [6, 6.07) is 0. The molecule has 0 saturated heterocycles. The van der Waals surface area contributed by atoms with E-state index < -0.39 is 17.5 Å². The standard InChI is InChI=1S/C30H48O4/c1-25(2)16-19-18-8-9-21-27(5)12-11-22(31)26(3,4)20(27)10-13-29(21,7)28(18,6)14-15-30(19,24(33)34)23(32)17-25/h8,19-23,31-32H,9-17H2,1-7H3,(H,33,34)/t19-,20-,21+,22-,23+,27-,28+,29+,30-/m0/s1. The van der Waals surface area contributed by atoms with Crippen molar-refractivity contribution in [3.63, 3.8) is 0 Å². The summed E-state index contributed by atoms with van der Waals surface area (Å²) in [6.07, 6.45) is 9.51. The summed E-state index contributed by atoms with van der Waals surface area (Å²) in [7, 11) is 0. The van der Waals surface area contributed by atoms with Gasteiger partial charge in [-0.15, -0.1) is 0 Å². The fourth-order valence-electron chi connectivity index (χ4n) is 10.8. The van der Waals surface area contributed by atoms with Crippen molar-refractivity contribution in [1.82, 2.24) is 0 Å². The predicted octanol–water partition coefficient (Wildman–Crippen LogP) is 6.20. The number of aliphatic hydroxyl groups excluding tert-OH is 2. The molecule has 4 nitrogen and oxygen atoms in total. The van der Waals surface area contributed by atoms with E-state index in [1.165, 1.54) is 5.57 Å². The van der Waals surface area contributed by atoms with Gasteiger partial charge >= 0.3 is 5.97 Å². The van der Waals surface area contributed by atoms with Crippen molar-refractivity contribution < 1.29 is 20.1 Å². The Morgan fingerprint density at radius 3 is 2.18 bits per heavy atom. The number of hydrogen-bond acceptors (Lipinski definition) is 3. The molecule has 0 aromatic heterocycles. The molecular weight excluding hydrogens is 424 g/mol. The number of aliphatic carboxylic acids is 1. The number of allylic oxidation sites excluding steroid dienone is 2. The zero-order valence-corrected chi connectivity index (χ0v) is 22.6. The lowest BCUT2D eigenvalue weighted by atomic mass is 9.33. The van der Waals surface area contributed by atoms with Gasteiger partial charge in [0, 0.05) is 0 Å². The molecule has 0 aromatic carbocycles. The molecule has 0 heterocycles. The van der Waals surface area contributed by atoms with Gasteiger partial charge in [0.15, 0.2) is 0 Å². The van der Waals surface area contributed by atoms with Crippen molar-refractivity contribution in [2.24, 2.45) is 50.2 Å². The summed E-state index contributed by atoms with van der Waals surface area (Å²) in [5, 5.41) is 32.7. The summed E-state index contributed by atoms with van der Waals surface area (Å²) in [6.45, 7) is 16.4.